The van der Waals surface area contributed by atoms with Gasteiger partial charge in [-0.25, -0.2) is 18.6 Å². The molecule has 7 heteroatoms. The monoisotopic (exact) mass is 558 g/mol. The Morgan fingerprint density at radius 1 is 0.750 bits per heavy atom. The van der Waals surface area contributed by atoms with Crippen LogP contribution in [0.3, 0.4) is 0 Å². The summed E-state index contributed by atoms with van der Waals surface area (Å²) in [6.45, 7) is 9.25. The van der Waals surface area contributed by atoms with Crippen LogP contribution in [-0.4, -0.2) is 24.4 Å². The van der Waals surface area contributed by atoms with E-state index in [4.69, 9.17) is 18.6 Å². The third kappa shape index (κ3) is 5.82. The number of allylic oxidation sites excluding steroid dienone is 8. The minimum Gasteiger partial charge on any atom is -0.347 e. The third-order valence-corrected chi connectivity index (χ3v) is 7.79. The molecule has 0 radical (unpaired) electrons. The summed E-state index contributed by atoms with van der Waals surface area (Å²) >= 11 is 0. The maximum Gasteiger partial charge on any atom is 0.210 e. The first kappa shape index (κ1) is 29.5. The number of para-hydroxylation sites is 1. The number of halogens is 1. The lowest BCUT2D eigenvalue weighted by molar-refractivity contribution is -2.00. The van der Waals surface area contributed by atoms with Crippen LogP contribution in [0.25, 0.3) is 10.8 Å². The highest BCUT2D eigenvalue weighted by Gasteiger charge is 2.44. The van der Waals surface area contributed by atoms with Crippen LogP contribution in [0.1, 0.15) is 38.8 Å². The van der Waals surface area contributed by atoms with Gasteiger partial charge in [0.05, 0.1) is 5.41 Å². The molecule has 0 atom stereocenters. The molecule has 0 spiro atoms. The quantitative estimate of drug-likeness (QED) is 0.362. The van der Waals surface area contributed by atoms with E-state index in [1.165, 1.54) is 44.7 Å². The number of nitrogens with zero attached hydrogens (tertiary/aromatic N) is 2. The van der Waals surface area contributed by atoms with Gasteiger partial charge in [0.2, 0.25) is 5.69 Å². The normalized spacial score (nSPS) is 18.8. The second kappa shape index (κ2) is 11.2. The zero-order chi connectivity index (χ0) is 29.3. The first-order chi connectivity index (χ1) is 18.7. The lowest BCUT2D eigenvalue weighted by atomic mass is 9.79. The summed E-state index contributed by atoms with van der Waals surface area (Å²) in [7, 11) is -0.611. The Kier molecular flexibility index (Phi) is 8.22. The average Bonchev–Trinajstić information content (AvgIpc) is 3.20. The molecule has 2 heterocycles. The minimum atomic E-state index is -4.94. The molecule has 2 aliphatic heterocycles. The molecule has 3 aromatic carbocycles. The molecular weight excluding hydrogens is 524 g/mol. The fourth-order valence-electron chi connectivity index (χ4n) is 5.98. The summed E-state index contributed by atoms with van der Waals surface area (Å²) in [5, 5.41) is 2.65. The summed E-state index contributed by atoms with van der Waals surface area (Å²) in [5.41, 5.74) is 7.97. The van der Waals surface area contributed by atoms with Crippen LogP contribution in [-0.2, 0) is 10.8 Å². The molecule has 0 N–H and O–H groups in total. The van der Waals surface area contributed by atoms with E-state index in [0.717, 1.165) is 0 Å². The standard InChI is InChI=1S/C33H35N2.ClHO4/c1-32(2)26-18-14-15-19-27(26)34(5)29(32)20-10-8-7-9-11-21-30-33(3,4)31-25-17-13-12-16-24(25)22-23-28(31)35(30)6;2-1(3,4)5/h7-23H,1-6H3;(H,2,3,4,5)/q+1;/p-1. The van der Waals surface area contributed by atoms with Gasteiger partial charge in [-0.2, -0.15) is 4.58 Å². The van der Waals surface area contributed by atoms with Gasteiger partial charge in [0.15, 0.2) is 5.71 Å². The maximum absolute atomic E-state index is 8.49. The van der Waals surface area contributed by atoms with Crippen molar-refractivity contribution >= 4 is 27.9 Å². The topological polar surface area (TPSA) is 98.5 Å². The smallest absolute Gasteiger partial charge is 0.210 e. The number of hydrogen-bond acceptors (Lipinski definition) is 5. The molecule has 0 aromatic heterocycles. The molecule has 3 aromatic rings. The van der Waals surface area contributed by atoms with Crippen LogP contribution in [0.2, 0.25) is 0 Å². The molecule has 40 heavy (non-hydrogen) atoms. The van der Waals surface area contributed by atoms with Crippen LogP contribution < -0.4 is 23.5 Å². The van der Waals surface area contributed by atoms with Crippen molar-refractivity contribution in [3.63, 3.8) is 0 Å². The van der Waals surface area contributed by atoms with Gasteiger partial charge in [-0.1, -0.05) is 86.7 Å². The Morgan fingerprint density at radius 2 is 1.35 bits per heavy atom. The number of anilines is 1. The number of rotatable bonds is 4. The van der Waals surface area contributed by atoms with Crippen LogP contribution in [0.4, 0.5) is 11.4 Å². The van der Waals surface area contributed by atoms with E-state index in [1.54, 1.807) is 0 Å². The zero-order valence-electron chi connectivity index (χ0n) is 23.7. The molecular formula is C33H35ClN2O4. The Hall–Kier alpha value is -3.52. The number of hydrogen-bond donors (Lipinski definition) is 0. The van der Waals surface area contributed by atoms with Gasteiger partial charge < -0.3 is 4.90 Å². The zero-order valence-corrected chi connectivity index (χ0v) is 24.5. The Labute approximate surface area is 238 Å². The lowest BCUT2D eigenvalue weighted by Crippen LogP contribution is -2.68. The molecule has 0 bridgehead atoms. The van der Waals surface area contributed by atoms with Crippen molar-refractivity contribution in [2.24, 2.45) is 0 Å². The van der Waals surface area contributed by atoms with Crippen LogP contribution in [0, 0.1) is 10.2 Å². The van der Waals surface area contributed by atoms with Gasteiger partial charge in [0.1, 0.15) is 7.05 Å². The van der Waals surface area contributed by atoms with Crippen molar-refractivity contribution in [3.8, 4) is 0 Å². The molecule has 0 saturated heterocycles. The summed E-state index contributed by atoms with van der Waals surface area (Å²) in [5.74, 6) is 0. The van der Waals surface area contributed by atoms with Crippen molar-refractivity contribution in [2.75, 3.05) is 19.0 Å². The van der Waals surface area contributed by atoms with Crippen LogP contribution in [0.5, 0.6) is 0 Å². The van der Waals surface area contributed by atoms with E-state index in [9.17, 15) is 0 Å². The van der Waals surface area contributed by atoms with Gasteiger partial charge in [0, 0.05) is 41.6 Å². The molecule has 208 valence electrons. The number of fused-ring (bicyclic) bond motifs is 4. The molecule has 0 saturated carbocycles. The second-order valence-corrected chi connectivity index (χ2v) is 11.8. The van der Waals surface area contributed by atoms with Crippen molar-refractivity contribution < 1.29 is 33.5 Å². The molecule has 0 amide bonds. The predicted molar refractivity (Wildman–Crippen MR) is 151 cm³/mol. The SMILES string of the molecule is CN1/C(=C/C=C/C=C/C=C/C2=[N+](C)c3ccc4ccccc4c3C2(C)C)C(C)(C)c2ccccc21.[O-][Cl+3]([O-])([O-])[O-]. The Balaban J connectivity index is 0.000000681. The summed E-state index contributed by atoms with van der Waals surface area (Å²) in [6.07, 6.45) is 15.1. The van der Waals surface area contributed by atoms with Crippen LogP contribution >= 0.6 is 0 Å². The highest BCUT2D eigenvalue weighted by atomic mass is 35.7. The first-order valence-electron chi connectivity index (χ1n) is 13.0. The first-order valence-corrected chi connectivity index (χ1v) is 14.3. The van der Waals surface area contributed by atoms with Gasteiger partial charge >= 0.3 is 0 Å². The number of benzene rings is 3. The molecule has 6 nitrogen and oxygen atoms in total. The van der Waals surface area contributed by atoms with Crippen molar-refractivity contribution in [1.29, 1.82) is 0 Å². The fraction of sp³-hybridized carbons (Fsp3) is 0.242. The molecule has 5 rings (SSSR count). The van der Waals surface area contributed by atoms with Gasteiger partial charge in [0.25, 0.3) is 0 Å². The maximum atomic E-state index is 8.49. The third-order valence-electron chi connectivity index (χ3n) is 7.79. The molecule has 2 aliphatic rings. The lowest BCUT2D eigenvalue weighted by Gasteiger charge is -2.23. The van der Waals surface area contributed by atoms with E-state index in [1.807, 2.05) is 0 Å². The Bertz CT molecular complexity index is 1570. The van der Waals surface area contributed by atoms with E-state index >= 15 is 0 Å². The van der Waals surface area contributed by atoms with Crippen molar-refractivity contribution in [3.05, 3.63) is 120 Å². The van der Waals surface area contributed by atoms with Gasteiger partial charge in [-0.15, -0.1) is 10.2 Å². The summed E-state index contributed by atoms with van der Waals surface area (Å²) in [4.78, 5) is 2.30. The minimum absolute atomic E-state index is 0.00770. The van der Waals surface area contributed by atoms with Crippen molar-refractivity contribution in [2.45, 2.75) is 38.5 Å². The molecule has 0 fully saturated rings. The highest BCUT2D eigenvalue weighted by molar-refractivity contribution is 6.07. The second-order valence-electron chi connectivity index (χ2n) is 11.0. The van der Waals surface area contributed by atoms with Gasteiger partial charge in [-0.05, 0) is 48.4 Å². The molecule has 0 aliphatic carbocycles. The van der Waals surface area contributed by atoms with E-state index in [-0.39, 0.29) is 10.8 Å². The Morgan fingerprint density at radius 3 is 2.05 bits per heavy atom. The summed E-state index contributed by atoms with van der Waals surface area (Å²) in [6, 6.07) is 21.9. The summed E-state index contributed by atoms with van der Waals surface area (Å²) < 4.78 is 36.3. The largest absolute Gasteiger partial charge is 0.347 e. The predicted octanol–water partition coefficient (Wildman–Crippen LogP) is 3.07. The van der Waals surface area contributed by atoms with E-state index in [2.05, 4.69) is 154 Å². The fourth-order valence-corrected chi connectivity index (χ4v) is 5.98. The van der Waals surface area contributed by atoms with Gasteiger partial charge in [-0.3, -0.25) is 0 Å². The van der Waals surface area contributed by atoms with Crippen molar-refractivity contribution in [1.82, 2.24) is 0 Å². The van der Waals surface area contributed by atoms with Crippen LogP contribution in [0.15, 0.2) is 109 Å². The molecule has 0 unspecified atom stereocenters. The average molecular weight is 559 g/mol. The van der Waals surface area contributed by atoms with E-state index < -0.39 is 10.2 Å². The number of likely N-dealkylation sites (N-methyl/N-ethyl adjacent to an activating group) is 1. The van der Waals surface area contributed by atoms with E-state index in [0.29, 0.717) is 0 Å². The highest BCUT2D eigenvalue weighted by Crippen LogP contribution is 2.46.